The summed E-state index contributed by atoms with van der Waals surface area (Å²) < 4.78 is 0. The molecule has 0 spiro atoms. The second-order valence-corrected chi connectivity index (χ2v) is 8.52. The summed E-state index contributed by atoms with van der Waals surface area (Å²) in [5.74, 6) is 1.62. The van der Waals surface area contributed by atoms with E-state index < -0.39 is 0 Å². The van der Waals surface area contributed by atoms with E-state index in [4.69, 9.17) is 16.6 Å². The van der Waals surface area contributed by atoms with Crippen LogP contribution in [0.15, 0.2) is 49.1 Å². The Hall–Kier alpha value is -3.26. The minimum Gasteiger partial charge on any atom is -0.355 e. The molecule has 2 aliphatic heterocycles. The normalized spacial score (nSPS) is 18.8. The zero-order chi connectivity index (χ0) is 21.9. The highest BCUT2D eigenvalue weighted by Crippen LogP contribution is 2.32. The average Bonchev–Trinajstić information content (AvgIpc) is 3.27. The molecular weight excluding hydrogens is 426 g/mol. The van der Waals surface area contributed by atoms with Gasteiger partial charge in [-0.25, -0.2) is 4.98 Å². The van der Waals surface area contributed by atoms with E-state index in [9.17, 15) is 4.79 Å². The number of amides is 1. The van der Waals surface area contributed by atoms with Crippen molar-refractivity contribution in [3.8, 4) is 0 Å². The second-order valence-electron chi connectivity index (χ2n) is 8.11. The number of nitrogens with zero attached hydrogens (tertiary/aromatic N) is 6. The van der Waals surface area contributed by atoms with Gasteiger partial charge < -0.3 is 15.1 Å². The van der Waals surface area contributed by atoms with Crippen molar-refractivity contribution in [1.29, 1.82) is 0 Å². The fraction of sp³-hybridized carbons (Fsp3) is 0.348. The minimum absolute atomic E-state index is 0.126. The summed E-state index contributed by atoms with van der Waals surface area (Å²) in [4.78, 5) is 33.9. The number of anilines is 4. The van der Waals surface area contributed by atoms with Gasteiger partial charge >= 0.3 is 0 Å². The van der Waals surface area contributed by atoms with Gasteiger partial charge in [-0.2, -0.15) is 4.98 Å². The van der Waals surface area contributed by atoms with Crippen LogP contribution in [0.3, 0.4) is 0 Å². The Morgan fingerprint density at radius 3 is 2.84 bits per heavy atom. The fourth-order valence-corrected chi connectivity index (χ4v) is 4.57. The number of carbonyl (C=O) groups is 1. The Morgan fingerprint density at radius 2 is 2.03 bits per heavy atom. The van der Waals surface area contributed by atoms with Crippen LogP contribution >= 0.6 is 11.6 Å². The van der Waals surface area contributed by atoms with Gasteiger partial charge in [0.05, 0.1) is 30.0 Å². The van der Waals surface area contributed by atoms with E-state index in [1.165, 1.54) is 0 Å². The molecule has 2 aliphatic rings. The second kappa shape index (κ2) is 9.08. The summed E-state index contributed by atoms with van der Waals surface area (Å²) in [6, 6.07) is 7.94. The van der Waals surface area contributed by atoms with Crippen LogP contribution in [0.5, 0.6) is 0 Å². The van der Waals surface area contributed by atoms with E-state index >= 15 is 0 Å². The smallest absolute Gasteiger partial charge is 0.229 e. The predicted molar refractivity (Wildman–Crippen MR) is 125 cm³/mol. The first-order valence-electron chi connectivity index (χ1n) is 10.9. The Bertz CT molecular complexity index is 1110. The van der Waals surface area contributed by atoms with Gasteiger partial charge in [0, 0.05) is 43.9 Å². The first-order chi connectivity index (χ1) is 15.7. The maximum Gasteiger partial charge on any atom is 0.229 e. The van der Waals surface area contributed by atoms with Crippen LogP contribution < -0.4 is 15.1 Å². The molecule has 32 heavy (non-hydrogen) atoms. The van der Waals surface area contributed by atoms with E-state index in [1.54, 1.807) is 23.5 Å². The molecule has 5 rings (SSSR count). The molecule has 8 nitrogen and oxygen atoms in total. The summed E-state index contributed by atoms with van der Waals surface area (Å²) in [6.45, 7) is 2.41. The van der Waals surface area contributed by atoms with Gasteiger partial charge in [0.1, 0.15) is 5.02 Å². The first kappa shape index (κ1) is 20.6. The van der Waals surface area contributed by atoms with Crippen LogP contribution in [0.2, 0.25) is 5.02 Å². The lowest BCUT2D eigenvalue weighted by atomic mass is 9.94. The molecule has 1 N–H and O–H groups in total. The third-order valence-corrected chi connectivity index (χ3v) is 6.18. The Labute approximate surface area is 191 Å². The molecule has 0 aromatic carbocycles. The Morgan fingerprint density at radius 1 is 1.09 bits per heavy atom. The molecule has 3 aromatic rings. The van der Waals surface area contributed by atoms with Crippen LogP contribution in [0.4, 0.5) is 23.1 Å². The van der Waals surface area contributed by atoms with E-state index in [0.29, 0.717) is 29.1 Å². The maximum atomic E-state index is 12.1. The first-order valence-corrected chi connectivity index (χ1v) is 11.3. The van der Waals surface area contributed by atoms with Crippen LogP contribution in [0.25, 0.3) is 0 Å². The zero-order valence-corrected chi connectivity index (χ0v) is 18.4. The van der Waals surface area contributed by atoms with Crippen molar-refractivity contribution >= 4 is 40.6 Å². The van der Waals surface area contributed by atoms with Gasteiger partial charge in [-0.05, 0) is 37.5 Å². The quantitative estimate of drug-likeness (QED) is 0.625. The van der Waals surface area contributed by atoms with Crippen LogP contribution in [-0.2, 0) is 4.79 Å². The fourth-order valence-electron chi connectivity index (χ4n) is 4.36. The summed E-state index contributed by atoms with van der Waals surface area (Å²) in [7, 11) is 0. The Balaban J connectivity index is 1.35. The molecular formula is C23H24ClN7O. The molecule has 1 amide bonds. The number of pyridine rings is 2. The summed E-state index contributed by atoms with van der Waals surface area (Å²) in [5, 5.41) is 3.73. The van der Waals surface area contributed by atoms with Crippen LogP contribution in [-0.4, -0.2) is 45.5 Å². The van der Waals surface area contributed by atoms with Crippen LogP contribution in [0.1, 0.15) is 37.3 Å². The number of hydrogen-bond acceptors (Lipinski definition) is 7. The van der Waals surface area contributed by atoms with Gasteiger partial charge in [-0.3, -0.25) is 14.8 Å². The third-order valence-electron chi connectivity index (χ3n) is 5.92. The SMILES string of the molecule is O=C1CCCN1c1cncc(Nc2ncc(Cl)c(N3CCC[C@H](c4ccccn4)C3)n2)c1. The van der Waals surface area contributed by atoms with Crippen molar-refractivity contribution in [1.82, 2.24) is 19.9 Å². The van der Waals surface area contributed by atoms with Gasteiger partial charge in [0.15, 0.2) is 5.82 Å². The molecule has 0 bridgehead atoms. The van der Waals surface area contributed by atoms with Crippen molar-refractivity contribution in [2.75, 3.05) is 34.8 Å². The van der Waals surface area contributed by atoms with E-state index in [2.05, 4.69) is 31.2 Å². The monoisotopic (exact) mass is 449 g/mol. The van der Waals surface area contributed by atoms with E-state index in [0.717, 1.165) is 56.0 Å². The number of aromatic nitrogens is 4. The molecule has 2 fully saturated rings. The molecule has 5 heterocycles. The summed E-state index contributed by atoms with van der Waals surface area (Å²) in [6.07, 6.45) is 10.4. The topological polar surface area (TPSA) is 87.1 Å². The lowest BCUT2D eigenvalue weighted by Crippen LogP contribution is -2.35. The maximum absolute atomic E-state index is 12.1. The average molecular weight is 450 g/mol. The van der Waals surface area contributed by atoms with Crippen molar-refractivity contribution in [3.63, 3.8) is 0 Å². The van der Waals surface area contributed by atoms with Gasteiger partial charge in [0.2, 0.25) is 11.9 Å². The molecule has 0 radical (unpaired) electrons. The number of rotatable bonds is 5. The highest BCUT2D eigenvalue weighted by molar-refractivity contribution is 6.32. The summed E-state index contributed by atoms with van der Waals surface area (Å²) in [5.41, 5.74) is 2.60. The number of carbonyl (C=O) groups excluding carboxylic acids is 1. The lowest BCUT2D eigenvalue weighted by Gasteiger charge is -2.33. The van der Waals surface area contributed by atoms with Crippen LogP contribution in [0, 0.1) is 0 Å². The van der Waals surface area contributed by atoms with E-state index in [1.807, 2.05) is 24.4 Å². The van der Waals surface area contributed by atoms with Crippen molar-refractivity contribution in [3.05, 3.63) is 59.8 Å². The highest BCUT2D eigenvalue weighted by atomic mass is 35.5. The molecule has 164 valence electrons. The molecule has 9 heteroatoms. The van der Waals surface area contributed by atoms with Crippen molar-refractivity contribution in [2.24, 2.45) is 0 Å². The molecule has 0 unspecified atom stereocenters. The van der Waals surface area contributed by atoms with Crippen molar-refractivity contribution < 1.29 is 4.79 Å². The highest BCUT2D eigenvalue weighted by Gasteiger charge is 2.25. The third kappa shape index (κ3) is 4.36. The van der Waals surface area contributed by atoms with Gasteiger partial charge in [-0.15, -0.1) is 0 Å². The lowest BCUT2D eigenvalue weighted by molar-refractivity contribution is -0.117. The molecule has 0 saturated carbocycles. The summed E-state index contributed by atoms with van der Waals surface area (Å²) >= 11 is 6.49. The molecule has 3 aromatic heterocycles. The van der Waals surface area contributed by atoms with Crippen molar-refractivity contribution in [2.45, 2.75) is 31.6 Å². The number of piperidine rings is 1. The number of halogens is 1. The van der Waals surface area contributed by atoms with E-state index in [-0.39, 0.29) is 5.91 Å². The zero-order valence-electron chi connectivity index (χ0n) is 17.6. The molecule has 1 atom stereocenters. The molecule has 2 saturated heterocycles. The largest absolute Gasteiger partial charge is 0.355 e. The van der Waals surface area contributed by atoms with Gasteiger partial charge in [0.25, 0.3) is 0 Å². The Kier molecular flexibility index (Phi) is 5.85. The standard InChI is InChI=1S/C23H24ClN7O/c24-19-14-27-23(28-17-11-18(13-25-12-17)31-10-4-7-21(31)32)29-22(19)30-9-3-5-16(15-30)20-6-1-2-8-26-20/h1-2,6,8,11-14,16H,3-5,7,9-10,15H2,(H,27,28,29)/t16-/m0/s1. The van der Waals surface area contributed by atoms with Gasteiger partial charge in [-0.1, -0.05) is 17.7 Å². The number of nitrogens with one attached hydrogen (secondary N) is 1. The minimum atomic E-state index is 0.126. The number of hydrogen-bond donors (Lipinski definition) is 1. The molecule has 0 aliphatic carbocycles. The predicted octanol–water partition coefficient (Wildman–Crippen LogP) is 4.17.